The van der Waals surface area contributed by atoms with E-state index in [1.54, 1.807) is 13.0 Å². The van der Waals surface area contributed by atoms with Crippen molar-refractivity contribution in [3.05, 3.63) is 29.1 Å². The Hall–Kier alpha value is -1.09. The highest BCUT2D eigenvalue weighted by Crippen LogP contribution is 2.28. The zero-order valence-electron chi connectivity index (χ0n) is 8.09. The molecule has 1 aromatic rings. The SMILES string of the molecule is CC(O)Cc1cc2c(cc1F)OCC2. The van der Waals surface area contributed by atoms with Crippen LogP contribution in [0.1, 0.15) is 18.1 Å². The summed E-state index contributed by atoms with van der Waals surface area (Å²) in [5.74, 6) is 0.364. The molecule has 0 aliphatic carbocycles. The average Bonchev–Trinajstić information content (AvgIpc) is 2.51. The smallest absolute Gasteiger partial charge is 0.130 e. The Morgan fingerprint density at radius 3 is 3.07 bits per heavy atom. The molecule has 1 aromatic carbocycles. The molecule has 3 heteroatoms. The zero-order valence-corrected chi connectivity index (χ0v) is 8.09. The van der Waals surface area contributed by atoms with E-state index in [4.69, 9.17) is 4.74 Å². The van der Waals surface area contributed by atoms with Gasteiger partial charge in [0.2, 0.25) is 0 Å². The van der Waals surface area contributed by atoms with Crippen LogP contribution in [-0.4, -0.2) is 17.8 Å². The summed E-state index contributed by atoms with van der Waals surface area (Å²) in [6.45, 7) is 2.29. The number of aliphatic hydroxyl groups is 1. The lowest BCUT2D eigenvalue weighted by molar-refractivity contribution is 0.194. The van der Waals surface area contributed by atoms with E-state index in [9.17, 15) is 9.50 Å². The van der Waals surface area contributed by atoms with Gasteiger partial charge in [-0.25, -0.2) is 4.39 Å². The van der Waals surface area contributed by atoms with Gasteiger partial charge in [0.15, 0.2) is 0 Å². The minimum absolute atomic E-state index is 0.286. The van der Waals surface area contributed by atoms with Gasteiger partial charge in [-0.15, -0.1) is 0 Å². The van der Waals surface area contributed by atoms with Crippen molar-refractivity contribution in [2.75, 3.05) is 6.61 Å². The Bertz CT molecular complexity index is 347. The fourth-order valence-corrected chi connectivity index (χ4v) is 1.73. The molecule has 1 heterocycles. The van der Waals surface area contributed by atoms with Crippen LogP contribution in [0.5, 0.6) is 5.75 Å². The van der Waals surface area contributed by atoms with Crippen molar-refractivity contribution in [3.8, 4) is 5.75 Å². The molecular weight excluding hydrogens is 183 g/mol. The summed E-state index contributed by atoms with van der Waals surface area (Å²) in [5, 5.41) is 9.18. The molecule has 0 aromatic heterocycles. The van der Waals surface area contributed by atoms with Crippen LogP contribution in [0.25, 0.3) is 0 Å². The molecule has 0 saturated heterocycles. The largest absolute Gasteiger partial charge is 0.493 e. The van der Waals surface area contributed by atoms with Gasteiger partial charge in [-0.1, -0.05) is 0 Å². The summed E-state index contributed by atoms with van der Waals surface area (Å²) in [6, 6.07) is 3.21. The fraction of sp³-hybridized carbons (Fsp3) is 0.455. The van der Waals surface area contributed by atoms with Crippen molar-refractivity contribution < 1.29 is 14.2 Å². The minimum Gasteiger partial charge on any atom is -0.493 e. The van der Waals surface area contributed by atoms with E-state index in [-0.39, 0.29) is 5.82 Å². The fourth-order valence-electron chi connectivity index (χ4n) is 1.73. The molecule has 0 amide bonds. The third kappa shape index (κ3) is 1.73. The molecule has 2 nitrogen and oxygen atoms in total. The molecule has 1 N–H and O–H groups in total. The summed E-state index contributed by atoms with van der Waals surface area (Å²) in [5.41, 5.74) is 1.62. The molecule has 1 unspecified atom stereocenters. The van der Waals surface area contributed by atoms with Gasteiger partial charge >= 0.3 is 0 Å². The van der Waals surface area contributed by atoms with Crippen LogP contribution in [0.3, 0.4) is 0 Å². The van der Waals surface area contributed by atoms with E-state index in [0.29, 0.717) is 24.3 Å². The lowest BCUT2D eigenvalue weighted by atomic mass is 10.0. The monoisotopic (exact) mass is 196 g/mol. The molecule has 76 valence electrons. The lowest BCUT2D eigenvalue weighted by Gasteiger charge is -2.07. The first-order valence-corrected chi connectivity index (χ1v) is 4.79. The van der Waals surface area contributed by atoms with E-state index >= 15 is 0 Å². The predicted octanol–water partition coefficient (Wildman–Crippen LogP) is 1.68. The number of aliphatic hydroxyl groups excluding tert-OH is 1. The molecule has 14 heavy (non-hydrogen) atoms. The third-order valence-electron chi connectivity index (χ3n) is 2.37. The van der Waals surface area contributed by atoms with Crippen LogP contribution in [0.4, 0.5) is 4.39 Å². The van der Waals surface area contributed by atoms with E-state index in [2.05, 4.69) is 0 Å². The molecule has 1 aliphatic rings. The highest BCUT2D eigenvalue weighted by atomic mass is 19.1. The molecule has 0 radical (unpaired) electrons. The first-order chi connectivity index (χ1) is 6.66. The van der Waals surface area contributed by atoms with Gasteiger partial charge in [-0.05, 0) is 24.1 Å². The average molecular weight is 196 g/mol. The van der Waals surface area contributed by atoms with Crippen molar-refractivity contribution in [1.29, 1.82) is 0 Å². The third-order valence-corrected chi connectivity index (χ3v) is 2.37. The second-order valence-electron chi connectivity index (χ2n) is 3.70. The second-order valence-corrected chi connectivity index (χ2v) is 3.70. The van der Waals surface area contributed by atoms with Gasteiger partial charge in [0.1, 0.15) is 11.6 Å². The highest BCUT2D eigenvalue weighted by Gasteiger charge is 2.16. The van der Waals surface area contributed by atoms with Crippen molar-refractivity contribution in [1.82, 2.24) is 0 Å². The van der Waals surface area contributed by atoms with Crippen molar-refractivity contribution in [2.45, 2.75) is 25.9 Å². The number of benzene rings is 1. The van der Waals surface area contributed by atoms with Crippen molar-refractivity contribution in [2.24, 2.45) is 0 Å². The van der Waals surface area contributed by atoms with E-state index < -0.39 is 6.10 Å². The second kappa shape index (κ2) is 3.58. The number of ether oxygens (including phenoxy) is 1. The van der Waals surface area contributed by atoms with Gasteiger partial charge in [0, 0.05) is 18.9 Å². The first kappa shape index (κ1) is 9.46. The summed E-state index contributed by atoms with van der Waals surface area (Å²) < 4.78 is 18.7. The molecule has 0 bridgehead atoms. The predicted molar refractivity (Wildman–Crippen MR) is 51.0 cm³/mol. The summed E-state index contributed by atoms with van der Waals surface area (Å²) in [6.07, 6.45) is 0.687. The van der Waals surface area contributed by atoms with Crippen LogP contribution >= 0.6 is 0 Å². The van der Waals surface area contributed by atoms with Crippen LogP contribution in [0, 0.1) is 5.82 Å². The number of fused-ring (bicyclic) bond motifs is 1. The van der Waals surface area contributed by atoms with Gasteiger partial charge in [0.25, 0.3) is 0 Å². The zero-order chi connectivity index (χ0) is 10.1. The minimum atomic E-state index is -0.509. The number of rotatable bonds is 2. The molecule has 0 spiro atoms. The van der Waals surface area contributed by atoms with Crippen LogP contribution in [-0.2, 0) is 12.8 Å². The Morgan fingerprint density at radius 2 is 2.36 bits per heavy atom. The topological polar surface area (TPSA) is 29.5 Å². The van der Waals surface area contributed by atoms with E-state index in [1.165, 1.54) is 6.07 Å². The maximum absolute atomic E-state index is 13.4. The van der Waals surface area contributed by atoms with Crippen LogP contribution < -0.4 is 4.74 Å². The molecule has 0 fully saturated rings. The van der Waals surface area contributed by atoms with Crippen LogP contribution in [0.15, 0.2) is 12.1 Å². The molecular formula is C11H13FO2. The van der Waals surface area contributed by atoms with E-state index in [1.807, 2.05) is 0 Å². The van der Waals surface area contributed by atoms with Gasteiger partial charge in [0.05, 0.1) is 12.7 Å². The number of hydrogen-bond acceptors (Lipinski definition) is 2. The highest BCUT2D eigenvalue weighted by molar-refractivity contribution is 5.40. The normalized spacial score (nSPS) is 16.2. The maximum Gasteiger partial charge on any atom is 0.130 e. The molecule has 1 atom stereocenters. The Kier molecular flexibility index (Phi) is 2.42. The lowest BCUT2D eigenvalue weighted by Crippen LogP contribution is -2.06. The Morgan fingerprint density at radius 1 is 1.57 bits per heavy atom. The summed E-state index contributed by atoms with van der Waals surface area (Å²) in [7, 11) is 0. The van der Waals surface area contributed by atoms with Crippen molar-refractivity contribution in [3.63, 3.8) is 0 Å². The Balaban J connectivity index is 2.32. The van der Waals surface area contributed by atoms with Crippen LogP contribution in [0.2, 0.25) is 0 Å². The number of hydrogen-bond donors (Lipinski definition) is 1. The molecule has 1 aliphatic heterocycles. The maximum atomic E-state index is 13.4. The van der Waals surface area contributed by atoms with E-state index in [0.717, 1.165) is 12.0 Å². The number of halogens is 1. The Labute approximate surface area is 82.3 Å². The quantitative estimate of drug-likeness (QED) is 0.779. The summed E-state index contributed by atoms with van der Waals surface area (Å²) in [4.78, 5) is 0. The molecule has 2 rings (SSSR count). The summed E-state index contributed by atoms with van der Waals surface area (Å²) >= 11 is 0. The standard InChI is InChI=1S/C11H13FO2/c1-7(13)4-9-5-8-2-3-14-11(8)6-10(9)12/h5-7,13H,2-4H2,1H3. The van der Waals surface area contributed by atoms with Crippen molar-refractivity contribution >= 4 is 0 Å². The first-order valence-electron chi connectivity index (χ1n) is 4.79. The van der Waals surface area contributed by atoms with Gasteiger partial charge in [-0.2, -0.15) is 0 Å². The molecule has 0 saturated carbocycles. The van der Waals surface area contributed by atoms with Gasteiger partial charge in [-0.3, -0.25) is 0 Å². The van der Waals surface area contributed by atoms with Gasteiger partial charge < -0.3 is 9.84 Å².